The van der Waals surface area contributed by atoms with E-state index in [1.165, 1.54) is 16.0 Å². The third-order valence-corrected chi connectivity index (χ3v) is 5.17. The summed E-state index contributed by atoms with van der Waals surface area (Å²) in [5.41, 5.74) is 2.65. The maximum atomic E-state index is 3.61. The third-order valence-electron chi connectivity index (χ3n) is 2.97. The summed E-state index contributed by atoms with van der Waals surface area (Å²) >= 11 is 8.90. The standard InChI is InChI=1S/C14H15Br2NS/c1-9-5-6-18-14(9)8-17-10(2)12-4-3-11(15)7-13(12)16/h3-7,10,17H,8H2,1-2H3. The minimum absolute atomic E-state index is 0.328. The maximum absolute atomic E-state index is 3.61. The zero-order chi connectivity index (χ0) is 13.1. The fourth-order valence-corrected chi connectivity index (χ4v) is 4.04. The van der Waals surface area contributed by atoms with Crippen LogP contribution >= 0.6 is 43.2 Å². The van der Waals surface area contributed by atoms with Gasteiger partial charge in [-0.15, -0.1) is 11.3 Å². The van der Waals surface area contributed by atoms with Gasteiger partial charge in [-0.05, 0) is 48.6 Å². The van der Waals surface area contributed by atoms with Gasteiger partial charge in [-0.25, -0.2) is 0 Å². The van der Waals surface area contributed by atoms with Crippen LogP contribution in [-0.4, -0.2) is 0 Å². The molecule has 1 N–H and O–H groups in total. The zero-order valence-electron chi connectivity index (χ0n) is 10.3. The van der Waals surface area contributed by atoms with E-state index < -0.39 is 0 Å². The van der Waals surface area contributed by atoms with E-state index in [9.17, 15) is 0 Å². The first-order chi connectivity index (χ1) is 8.58. The van der Waals surface area contributed by atoms with E-state index in [-0.39, 0.29) is 0 Å². The quantitative estimate of drug-likeness (QED) is 0.735. The molecule has 0 aliphatic heterocycles. The molecular weight excluding hydrogens is 374 g/mol. The summed E-state index contributed by atoms with van der Waals surface area (Å²) in [5, 5.41) is 5.71. The highest BCUT2D eigenvalue weighted by Gasteiger charge is 2.10. The second-order valence-electron chi connectivity index (χ2n) is 4.30. The molecule has 0 spiro atoms. The molecule has 1 heterocycles. The first kappa shape index (κ1) is 14.3. The molecule has 0 fully saturated rings. The van der Waals surface area contributed by atoms with Crippen molar-refractivity contribution >= 4 is 43.2 Å². The molecule has 0 amide bonds. The van der Waals surface area contributed by atoms with Gasteiger partial charge in [0, 0.05) is 26.4 Å². The van der Waals surface area contributed by atoms with Crippen molar-refractivity contribution in [2.75, 3.05) is 0 Å². The van der Waals surface area contributed by atoms with E-state index in [0.717, 1.165) is 15.5 Å². The van der Waals surface area contributed by atoms with Crippen LogP contribution in [0, 0.1) is 6.92 Å². The zero-order valence-corrected chi connectivity index (χ0v) is 14.3. The van der Waals surface area contributed by atoms with Crippen molar-refractivity contribution in [3.8, 4) is 0 Å². The summed E-state index contributed by atoms with van der Waals surface area (Å²) in [7, 11) is 0. The third kappa shape index (κ3) is 3.44. The van der Waals surface area contributed by atoms with Gasteiger partial charge in [0.15, 0.2) is 0 Å². The molecule has 4 heteroatoms. The monoisotopic (exact) mass is 387 g/mol. The van der Waals surface area contributed by atoms with Crippen LogP contribution in [0.2, 0.25) is 0 Å². The Morgan fingerprint density at radius 3 is 2.67 bits per heavy atom. The predicted octanol–water partition coefficient (Wildman–Crippen LogP) is 5.43. The summed E-state index contributed by atoms with van der Waals surface area (Å²) in [6, 6.07) is 8.81. The minimum Gasteiger partial charge on any atom is -0.305 e. The van der Waals surface area contributed by atoms with Gasteiger partial charge in [0.1, 0.15) is 0 Å². The van der Waals surface area contributed by atoms with Crippen molar-refractivity contribution in [2.45, 2.75) is 26.4 Å². The van der Waals surface area contributed by atoms with Crippen molar-refractivity contribution in [3.05, 3.63) is 54.6 Å². The van der Waals surface area contributed by atoms with Crippen molar-refractivity contribution in [1.82, 2.24) is 5.32 Å². The molecule has 1 atom stereocenters. The molecule has 1 aromatic carbocycles. The molecule has 2 rings (SSSR count). The van der Waals surface area contributed by atoms with Gasteiger partial charge in [-0.1, -0.05) is 37.9 Å². The highest BCUT2D eigenvalue weighted by molar-refractivity contribution is 9.11. The van der Waals surface area contributed by atoms with Crippen LogP contribution < -0.4 is 5.32 Å². The number of nitrogens with one attached hydrogen (secondary N) is 1. The van der Waals surface area contributed by atoms with Gasteiger partial charge in [0.05, 0.1) is 0 Å². The van der Waals surface area contributed by atoms with Crippen molar-refractivity contribution in [2.24, 2.45) is 0 Å². The smallest absolute Gasteiger partial charge is 0.0308 e. The molecule has 0 bridgehead atoms. The van der Waals surface area contributed by atoms with Crippen LogP contribution in [0.1, 0.15) is 29.0 Å². The Balaban J connectivity index is 2.03. The second kappa shape index (κ2) is 6.33. The van der Waals surface area contributed by atoms with E-state index >= 15 is 0 Å². The molecule has 0 aliphatic rings. The average molecular weight is 389 g/mol. The average Bonchev–Trinajstić information content (AvgIpc) is 2.72. The second-order valence-corrected chi connectivity index (χ2v) is 7.07. The highest BCUT2D eigenvalue weighted by Crippen LogP contribution is 2.27. The summed E-state index contributed by atoms with van der Waals surface area (Å²) in [6.07, 6.45) is 0. The van der Waals surface area contributed by atoms with Crippen molar-refractivity contribution in [1.29, 1.82) is 0 Å². The lowest BCUT2D eigenvalue weighted by molar-refractivity contribution is 0.576. The molecule has 1 nitrogen and oxygen atoms in total. The molecule has 1 unspecified atom stereocenters. The lowest BCUT2D eigenvalue weighted by Crippen LogP contribution is -2.18. The highest BCUT2D eigenvalue weighted by atomic mass is 79.9. The molecule has 0 radical (unpaired) electrons. The Kier molecular flexibility index (Phi) is 5.01. The minimum atomic E-state index is 0.328. The van der Waals surface area contributed by atoms with Gasteiger partial charge in [0.25, 0.3) is 0 Å². The SMILES string of the molecule is Cc1ccsc1CNC(C)c1ccc(Br)cc1Br. The summed E-state index contributed by atoms with van der Waals surface area (Å²) in [6.45, 7) is 5.28. The number of thiophene rings is 1. The normalized spacial score (nSPS) is 12.7. The Labute approximate surface area is 129 Å². The number of rotatable bonds is 4. The first-order valence-electron chi connectivity index (χ1n) is 5.79. The van der Waals surface area contributed by atoms with Crippen molar-refractivity contribution < 1.29 is 0 Å². The van der Waals surface area contributed by atoms with Crippen LogP contribution in [0.25, 0.3) is 0 Å². The van der Waals surface area contributed by atoms with Gasteiger partial charge < -0.3 is 5.32 Å². The van der Waals surface area contributed by atoms with E-state index in [4.69, 9.17) is 0 Å². The summed E-state index contributed by atoms with van der Waals surface area (Å²) < 4.78 is 2.24. The number of hydrogen-bond acceptors (Lipinski definition) is 2. The molecule has 0 saturated carbocycles. The van der Waals surface area contributed by atoms with Gasteiger partial charge >= 0.3 is 0 Å². The Hall–Kier alpha value is -0.160. The molecule has 1 aromatic heterocycles. The van der Waals surface area contributed by atoms with E-state index in [1.807, 2.05) is 11.3 Å². The van der Waals surface area contributed by atoms with E-state index in [1.54, 1.807) is 0 Å². The van der Waals surface area contributed by atoms with Crippen LogP contribution in [0.15, 0.2) is 38.6 Å². The lowest BCUT2D eigenvalue weighted by Gasteiger charge is -2.16. The molecule has 0 saturated heterocycles. The van der Waals surface area contributed by atoms with Gasteiger partial charge in [-0.2, -0.15) is 0 Å². The lowest BCUT2D eigenvalue weighted by atomic mass is 10.1. The van der Waals surface area contributed by atoms with Gasteiger partial charge in [-0.3, -0.25) is 0 Å². The number of benzene rings is 1. The van der Waals surface area contributed by atoms with Gasteiger partial charge in [0.2, 0.25) is 0 Å². The molecule has 0 aliphatic carbocycles. The summed E-state index contributed by atoms with van der Waals surface area (Å²) in [5.74, 6) is 0. The Bertz CT molecular complexity index is 536. The predicted molar refractivity (Wildman–Crippen MR) is 86.2 cm³/mol. The van der Waals surface area contributed by atoms with Crippen LogP contribution in [0.5, 0.6) is 0 Å². The van der Waals surface area contributed by atoms with E-state index in [2.05, 4.69) is 80.7 Å². The van der Waals surface area contributed by atoms with Crippen molar-refractivity contribution in [3.63, 3.8) is 0 Å². The topological polar surface area (TPSA) is 12.0 Å². The molecule has 96 valence electrons. The van der Waals surface area contributed by atoms with Crippen LogP contribution in [0.4, 0.5) is 0 Å². The fourth-order valence-electron chi connectivity index (χ4n) is 1.79. The Morgan fingerprint density at radius 1 is 1.28 bits per heavy atom. The first-order valence-corrected chi connectivity index (χ1v) is 8.26. The number of hydrogen-bond donors (Lipinski definition) is 1. The van der Waals surface area contributed by atoms with Crippen LogP contribution in [0.3, 0.4) is 0 Å². The fraction of sp³-hybridized carbons (Fsp3) is 0.286. The molecular formula is C14H15Br2NS. The molecule has 2 aromatic rings. The van der Waals surface area contributed by atoms with E-state index in [0.29, 0.717) is 6.04 Å². The maximum Gasteiger partial charge on any atom is 0.0308 e. The number of halogens is 2. The largest absolute Gasteiger partial charge is 0.305 e. The van der Waals surface area contributed by atoms with Crippen LogP contribution in [-0.2, 0) is 6.54 Å². The Morgan fingerprint density at radius 2 is 2.06 bits per heavy atom. The summed E-state index contributed by atoms with van der Waals surface area (Å²) in [4.78, 5) is 1.41. The number of aryl methyl sites for hydroxylation is 1. The molecule has 18 heavy (non-hydrogen) atoms.